The highest BCUT2D eigenvalue weighted by Crippen LogP contribution is 2.42. The third-order valence-electron chi connectivity index (χ3n) is 4.25. The SMILES string of the molecule is Cc1cc2c(c(C)c1Cl)C(=O)CC1(CCNCC1)O2. The lowest BCUT2D eigenvalue weighted by Gasteiger charge is -2.41. The van der Waals surface area contributed by atoms with E-state index in [1.807, 2.05) is 19.9 Å². The Morgan fingerprint density at radius 1 is 1.32 bits per heavy atom. The molecule has 1 N–H and O–H groups in total. The number of hydrogen-bond acceptors (Lipinski definition) is 3. The van der Waals surface area contributed by atoms with E-state index in [0.717, 1.165) is 42.8 Å². The van der Waals surface area contributed by atoms with Crippen LogP contribution in [0.2, 0.25) is 5.02 Å². The number of hydrogen-bond donors (Lipinski definition) is 1. The normalized spacial score (nSPS) is 21.1. The molecule has 0 bridgehead atoms. The summed E-state index contributed by atoms with van der Waals surface area (Å²) in [5.41, 5.74) is 2.20. The summed E-state index contributed by atoms with van der Waals surface area (Å²) in [6, 6.07) is 1.91. The quantitative estimate of drug-likeness (QED) is 0.793. The van der Waals surface area contributed by atoms with E-state index < -0.39 is 0 Å². The minimum atomic E-state index is -0.304. The molecule has 3 rings (SSSR count). The van der Waals surface area contributed by atoms with Gasteiger partial charge in [0.15, 0.2) is 5.78 Å². The summed E-state index contributed by atoms with van der Waals surface area (Å²) >= 11 is 6.24. The molecule has 0 aromatic heterocycles. The molecule has 0 unspecified atom stereocenters. The van der Waals surface area contributed by atoms with Gasteiger partial charge in [-0.1, -0.05) is 11.6 Å². The van der Waals surface area contributed by atoms with E-state index in [1.54, 1.807) is 0 Å². The van der Waals surface area contributed by atoms with Gasteiger partial charge in [-0.25, -0.2) is 0 Å². The molecule has 2 aliphatic rings. The highest BCUT2D eigenvalue weighted by molar-refractivity contribution is 6.32. The van der Waals surface area contributed by atoms with Gasteiger partial charge in [0.2, 0.25) is 0 Å². The zero-order valence-electron chi connectivity index (χ0n) is 11.3. The summed E-state index contributed by atoms with van der Waals surface area (Å²) < 4.78 is 6.23. The molecule has 2 aliphatic heterocycles. The van der Waals surface area contributed by atoms with E-state index in [9.17, 15) is 4.79 Å². The van der Waals surface area contributed by atoms with Gasteiger partial charge in [-0.3, -0.25) is 4.79 Å². The molecule has 3 nitrogen and oxygen atoms in total. The topological polar surface area (TPSA) is 38.3 Å². The molecule has 1 aromatic rings. The second-order valence-corrected chi connectivity index (χ2v) is 6.02. The van der Waals surface area contributed by atoms with Crippen LogP contribution in [0.5, 0.6) is 5.75 Å². The molecule has 2 heterocycles. The number of ether oxygens (including phenoxy) is 1. The van der Waals surface area contributed by atoms with Gasteiger partial charge in [0.1, 0.15) is 11.4 Å². The van der Waals surface area contributed by atoms with Crippen molar-refractivity contribution in [3.63, 3.8) is 0 Å². The zero-order valence-corrected chi connectivity index (χ0v) is 12.1. The summed E-state index contributed by atoms with van der Waals surface area (Å²) in [6.07, 6.45) is 2.25. The van der Waals surface area contributed by atoms with Crippen LogP contribution in [0.25, 0.3) is 0 Å². The van der Waals surface area contributed by atoms with Crippen LogP contribution >= 0.6 is 11.6 Å². The summed E-state index contributed by atoms with van der Waals surface area (Å²) in [4.78, 5) is 12.5. The second-order valence-electron chi connectivity index (χ2n) is 5.64. The maximum Gasteiger partial charge on any atom is 0.170 e. The Labute approximate surface area is 118 Å². The minimum absolute atomic E-state index is 0.169. The fourth-order valence-corrected chi connectivity index (χ4v) is 3.31. The first-order valence-corrected chi connectivity index (χ1v) is 7.13. The van der Waals surface area contributed by atoms with E-state index in [-0.39, 0.29) is 11.4 Å². The van der Waals surface area contributed by atoms with Crippen molar-refractivity contribution in [2.75, 3.05) is 13.1 Å². The van der Waals surface area contributed by atoms with Gasteiger partial charge < -0.3 is 10.1 Å². The lowest BCUT2D eigenvalue weighted by atomic mass is 9.82. The van der Waals surface area contributed by atoms with Gasteiger partial charge in [-0.2, -0.15) is 0 Å². The van der Waals surface area contributed by atoms with Crippen LogP contribution in [-0.2, 0) is 0 Å². The number of nitrogens with one attached hydrogen (secondary N) is 1. The highest BCUT2D eigenvalue weighted by atomic mass is 35.5. The number of aryl methyl sites for hydroxylation is 1. The lowest BCUT2D eigenvalue weighted by molar-refractivity contribution is 0.0186. The number of fused-ring (bicyclic) bond motifs is 1. The number of ketones is 1. The van der Waals surface area contributed by atoms with Crippen LogP contribution in [0.15, 0.2) is 6.07 Å². The predicted molar refractivity (Wildman–Crippen MR) is 75.3 cm³/mol. The number of carbonyl (C=O) groups excluding carboxylic acids is 1. The third-order valence-corrected chi connectivity index (χ3v) is 4.83. The molecular weight excluding hydrogens is 262 g/mol. The predicted octanol–water partition coefficient (Wildman–Crippen LogP) is 3.04. The van der Waals surface area contributed by atoms with Crippen molar-refractivity contribution in [2.45, 2.75) is 38.7 Å². The fourth-order valence-electron chi connectivity index (χ4n) is 3.16. The molecule has 19 heavy (non-hydrogen) atoms. The van der Waals surface area contributed by atoms with Crippen molar-refractivity contribution in [2.24, 2.45) is 0 Å². The van der Waals surface area contributed by atoms with Crippen LogP contribution in [0, 0.1) is 13.8 Å². The Morgan fingerprint density at radius 3 is 2.68 bits per heavy atom. The zero-order chi connectivity index (χ0) is 13.6. The molecule has 1 fully saturated rings. The summed E-state index contributed by atoms with van der Waals surface area (Å²) in [6.45, 7) is 5.67. The van der Waals surface area contributed by atoms with Crippen molar-refractivity contribution in [3.8, 4) is 5.75 Å². The first kappa shape index (κ1) is 12.9. The molecule has 1 saturated heterocycles. The van der Waals surface area contributed by atoms with Gasteiger partial charge in [0.25, 0.3) is 0 Å². The van der Waals surface area contributed by atoms with Crippen molar-refractivity contribution in [3.05, 3.63) is 27.8 Å². The molecule has 4 heteroatoms. The molecule has 1 spiro atoms. The van der Waals surface area contributed by atoms with Crippen molar-refractivity contribution in [1.29, 1.82) is 0 Å². The Balaban J connectivity index is 2.07. The number of piperidine rings is 1. The van der Waals surface area contributed by atoms with Crippen LogP contribution in [-0.4, -0.2) is 24.5 Å². The summed E-state index contributed by atoms with van der Waals surface area (Å²) in [5.74, 6) is 0.889. The maximum atomic E-state index is 12.5. The highest BCUT2D eigenvalue weighted by Gasteiger charge is 2.42. The van der Waals surface area contributed by atoms with Gasteiger partial charge in [0.05, 0.1) is 12.0 Å². The van der Waals surface area contributed by atoms with Gasteiger partial charge in [-0.05, 0) is 44.1 Å². The molecule has 0 saturated carbocycles. The van der Waals surface area contributed by atoms with E-state index in [2.05, 4.69) is 5.32 Å². The standard InChI is InChI=1S/C15H18ClNO2/c1-9-7-12-13(10(2)14(9)16)11(18)8-15(19-12)3-5-17-6-4-15/h7,17H,3-6,8H2,1-2H3. The lowest BCUT2D eigenvalue weighted by Crippen LogP contribution is -2.49. The Hall–Kier alpha value is -1.06. The van der Waals surface area contributed by atoms with E-state index >= 15 is 0 Å². The van der Waals surface area contributed by atoms with E-state index in [0.29, 0.717) is 17.0 Å². The van der Waals surface area contributed by atoms with Crippen LogP contribution in [0.4, 0.5) is 0 Å². The Morgan fingerprint density at radius 2 is 2.00 bits per heavy atom. The monoisotopic (exact) mass is 279 g/mol. The molecule has 1 aromatic carbocycles. The largest absolute Gasteiger partial charge is 0.486 e. The van der Waals surface area contributed by atoms with Gasteiger partial charge >= 0.3 is 0 Å². The number of Topliss-reactive ketones (excluding diaryl/α,β-unsaturated/α-hetero) is 1. The van der Waals surface area contributed by atoms with E-state index in [1.165, 1.54) is 0 Å². The molecular formula is C15H18ClNO2. The number of carbonyl (C=O) groups is 1. The average Bonchev–Trinajstić information content (AvgIpc) is 2.36. The van der Waals surface area contributed by atoms with Crippen LogP contribution in [0.3, 0.4) is 0 Å². The van der Waals surface area contributed by atoms with Gasteiger partial charge in [-0.15, -0.1) is 0 Å². The fraction of sp³-hybridized carbons (Fsp3) is 0.533. The maximum absolute atomic E-state index is 12.5. The first-order chi connectivity index (χ1) is 9.02. The van der Waals surface area contributed by atoms with Gasteiger partial charge in [0, 0.05) is 17.9 Å². The minimum Gasteiger partial charge on any atom is -0.486 e. The third kappa shape index (κ3) is 2.05. The second kappa shape index (κ2) is 4.50. The Bertz CT molecular complexity index is 548. The number of benzene rings is 1. The average molecular weight is 280 g/mol. The number of halogens is 1. The number of rotatable bonds is 0. The van der Waals surface area contributed by atoms with Crippen LogP contribution < -0.4 is 10.1 Å². The molecule has 102 valence electrons. The molecule has 0 amide bonds. The molecule has 0 aliphatic carbocycles. The van der Waals surface area contributed by atoms with Crippen molar-refractivity contribution >= 4 is 17.4 Å². The Kier molecular flexibility index (Phi) is 3.06. The van der Waals surface area contributed by atoms with E-state index in [4.69, 9.17) is 16.3 Å². The summed E-state index contributed by atoms with van der Waals surface area (Å²) in [5, 5.41) is 3.99. The van der Waals surface area contributed by atoms with Crippen LogP contribution in [0.1, 0.15) is 40.7 Å². The molecule has 0 radical (unpaired) electrons. The van der Waals surface area contributed by atoms with Crippen molar-refractivity contribution < 1.29 is 9.53 Å². The smallest absolute Gasteiger partial charge is 0.170 e. The van der Waals surface area contributed by atoms with Crippen molar-refractivity contribution in [1.82, 2.24) is 5.32 Å². The summed E-state index contributed by atoms with van der Waals surface area (Å²) in [7, 11) is 0. The molecule has 0 atom stereocenters. The first-order valence-electron chi connectivity index (χ1n) is 6.75.